The van der Waals surface area contributed by atoms with Gasteiger partial charge in [-0.15, -0.1) is 0 Å². The van der Waals surface area contributed by atoms with E-state index in [1.807, 2.05) is 30.3 Å². The number of rotatable bonds is 5. The molecule has 0 aliphatic carbocycles. The predicted molar refractivity (Wildman–Crippen MR) is 64.7 cm³/mol. The maximum absolute atomic E-state index is 11.7. The minimum atomic E-state index is -0.177. The normalized spacial score (nSPS) is 20.1. The van der Waals surface area contributed by atoms with Crippen molar-refractivity contribution >= 4 is 5.78 Å². The summed E-state index contributed by atoms with van der Waals surface area (Å²) < 4.78 is 10.8. The predicted octanol–water partition coefficient (Wildman–Crippen LogP) is 2.34. The number of hydrogen-bond acceptors (Lipinski definition) is 3. The first-order valence-corrected chi connectivity index (χ1v) is 6.13. The van der Waals surface area contributed by atoms with E-state index in [0.717, 1.165) is 31.4 Å². The summed E-state index contributed by atoms with van der Waals surface area (Å²) in [5, 5.41) is 0. The Hall–Kier alpha value is -1.19. The molecule has 1 saturated heterocycles. The van der Waals surface area contributed by atoms with Crippen LogP contribution < -0.4 is 0 Å². The van der Waals surface area contributed by atoms with Gasteiger partial charge < -0.3 is 9.47 Å². The summed E-state index contributed by atoms with van der Waals surface area (Å²) in [4.78, 5) is 11.7. The van der Waals surface area contributed by atoms with E-state index in [2.05, 4.69) is 0 Å². The van der Waals surface area contributed by atoms with E-state index in [1.165, 1.54) is 0 Å². The van der Waals surface area contributed by atoms with Gasteiger partial charge in [0.05, 0.1) is 0 Å². The van der Waals surface area contributed by atoms with Crippen LogP contribution in [0.25, 0.3) is 0 Å². The Kier molecular flexibility index (Phi) is 4.71. The van der Waals surface area contributed by atoms with E-state index >= 15 is 0 Å². The third-order valence-corrected chi connectivity index (χ3v) is 2.81. The summed E-state index contributed by atoms with van der Waals surface area (Å²) in [5.74, 6) is 0.102. The number of ether oxygens (including phenoxy) is 2. The molecule has 0 spiro atoms. The van der Waals surface area contributed by atoms with Crippen LogP contribution in [0.15, 0.2) is 30.3 Å². The molecule has 0 bridgehead atoms. The van der Waals surface area contributed by atoms with Crippen LogP contribution in [0.4, 0.5) is 0 Å². The lowest BCUT2D eigenvalue weighted by Gasteiger charge is -2.22. The highest BCUT2D eigenvalue weighted by molar-refractivity contribution is 5.82. The third-order valence-electron chi connectivity index (χ3n) is 2.81. The fourth-order valence-corrected chi connectivity index (χ4v) is 1.90. The van der Waals surface area contributed by atoms with Crippen molar-refractivity contribution in [3.8, 4) is 0 Å². The minimum Gasteiger partial charge on any atom is -0.353 e. The Morgan fingerprint density at radius 2 is 2.12 bits per heavy atom. The fraction of sp³-hybridized carbons (Fsp3) is 0.500. The number of benzene rings is 1. The summed E-state index contributed by atoms with van der Waals surface area (Å²) in [5.41, 5.74) is 1.03. The van der Waals surface area contributed by atoms with Crippen molar-refractivity contribution in [2.45, 2.75) is 32.0 Å². The second-order valence-corrected chi connectivity index (χ2v) is 4.31. The van der Waals surface area contributed by atoms with Gasteiger partial charge in [-0.25, -0.2) is 0 Å². The Balaban J connectivity index is 1.70. The lowest BCUT2D eigenvalue weighted by Crippen LogP contribution is -2.25. The van der Waals surface area contributed by atoms with Gasteiger partial charge in [-0.2, -0.15) is 0 Å². The molecule has 1 unspecified atom stereocenters. The summed E-state index contributed by atoms with van der Waals surface area (Å²) in [6.07, 6.45) is 3.38. The summed E-state index contributed by atoms with van der Waals surface area (Å²) in [6, 6.07) is 9.73. The van der Waals surface area contributed by atoms with Crippen molar-refractivity contribution in [2.24, 2.45) is 0 Å². The van der Waals surface area contributed by atoms with Crippen molar-refractivity contribution < 1.29 is 14.3 Å². The molecule has 0 radical (unpaired) electrons. The molecule has 17 heavy (non-hydrogen) atoms. The van der Waals surface area contributed by atoms with Gasteiger partial charge in [0.2, 0.25) is 0 Å². The van der Waals surface area contributed by atoms with Crippen LogP contribution in [0.2, 0.25) is 0 Å². The first-order valence-electron chi connectivity index (χ1n) is 6.13. The van der Waals surface area contributed by atoms with E-state index in [-0.39, 0.29) is 18.7 Å². The molecule has 3 nitrogen and oxygen atoms in total. The number of ketones is 1. The molecule has 0 aromatic heterocycles. The Morgan fingerprint density at radius 3 is 2.82 bits per heavy atom. The molecule has 1 aromatic carbocycles. The molecule has 1 heterocycles. The number of carbonyl (C=O) groups excluding carboxylic acids is 1. The molecule has 0 amide bonds. The van der Waals surface area contributed by atoms with Crippen molar-refractivity contribution in [1.82, 2.24) is 0 Å². The molecule has 1 aliphatic rings. The number of Topliss-reactive ketones (excluding diaryl/α,β-unsaturated/α-hetero) is 1. The summed E-state index contributed by atoms with van der Waals surface area (Å²) in [6.45, 7) is 0.900. The molecule has 3 heteroatoms. The topological polar surface area (TPSA) is 35.5 Å². The average molecular weight is 234 g/mol. The molecule has 1 atom stereocenters. The zero-order valence-corrected chi connectivity index (χ0v) is 9.93. The lowest BCUT2D eigenvalue weighted by atomic mass is 10.1. The molecule has 92 valence electrons. The molecule has 0 N–H and O–H groups in total. The summed E-state index contributed by atoms with van der Waals surface area (Å²) in [7, 11) is 0. The van der Waals surface area contributed by atoms with Crippen molar-refractivity contribution in [3.63, 3.8) is 0 Å². The minimum absolute atomic E-state index is 0.102. The second kappa shape index (κ2) is 6.52. The zero-order valence-electron chi connectivity index (χ0n) is 9.93. The van der Waals surface area contributed by atoms with Crippen LogP contribution in [0.3, 0.4) is 0 Å². The highest BCUT2D eigenvalue weighted by Crippen LogP contribution is 2.13. The Labute approximate surface area is 102 Å². The first-order chi connectivity index (χ1) is 8.34. The van der Waals surface area contributed by atoms with Crippen molar-refractivity contribution in [3.05, 3.63) is 35.9 Å². The first kappa shape index (κ1) is 12.3. The van der Waals surface area contributed by atoms with Gasteiger partial charge in [-0.1, -0.05) is 30.3 Å². The Bertz CT molecular complexity index is 342. The van der Waals surface area contributed by atoms with Gasteiger partial charge in [0, 0.05) is 13.0 Å². The van der Waals surface area contributed by atoms with Crippen molar-refractivity contribution in [1.29, 1.82) is 0 Å². The van der Waals surface area contributed by atoms with Crippen LogP contribution in [-0.2, 0) is 20.7 Å². The highest BCUT2D eigenvalue weighted by Gasteiger charge is 2.15. The molecule has 2 rings (SSSR count). The smallest absolute Gasteiger partial charge is 0.162 e. The molecule has 1 fully saturated rings. The average Bonchev–Trinajstić information content (AvgIpc) is 2.39. The van der Waals surface area contributed by atoms with Crippen molar-refractivity contribution in [2.75, 3.05) is 13.2 Å². The van der Waals surface area contributed by atoms with Crippen LogP contribution in [0.1, 0.15) is 24.8 Å². The van der Waals surface area contributed by atoms with Gasteiger partial charge in [-0.05, 0) is 24.8 Å². The van der Waals surface area contributed by atoms with E-state index in [1.54, 1.807) is 0 Å². The van der Waals surface area contributed by atoms with Crippen LogP contribution in [0, 0.1) is 0 Å². The van der Waals surface area contributed by atoms with Gasteiger partial charge in [0.25, 0.3) is 0 Å². The molecular formula is C14H18O3. The standard InChI is InChI=1S/C14H18O3/c15-13(10-12-6-2-1-3-7-12)11-17-14-8-4-5-9-16-14/h1-3,6-7,14H,4-5,8-11H2. The van der Waals surface area contributed by atoms with Crippen LogP contribution in [-0.4, -0.2) is 25.3 Å². The molecule has 1 aliphatic heterocycles. The number of hydrogen-bond donors (Lipinski definition) is 0. The fourth-order valence-electron chi connectivity index (χ4n) is 1.90. The van der Waals surface area contributed by atoms with E-state index in [4.69, 9.17) is 9.47 Å². The van der Waals surface area contributed by atoms with E-state index in [0.29, 0.717) is 6.42 Å². The summed E-state index contributed by atoms with van der Waals surface area (Å²) >= 11 is 0. The maximum atomic E-state index is 11.7. The van der Waals surface area contributed by atoms with Gasteiger partial charge in [0.1, 0.15) is 6.61 Å². The second-order valence-electron chi connectivity index (χ2n) is 4.31. The monoisotopic (exact) mass is 234 g/mol. The quantitative estimate of drug-likeness (QED) is 0.784. The van der Waals surface area contributed by atoms with Crippen LogP contribution in [0.5, 0.6) is 0 Å². The Morgan fingerprint density at radius 1 is 1.29 bits per heavy atom. The molecule has 0 saturated carbocycles. The zero-order chi connectivity index (χ0) is 11.9. The third kappa shape index (κ3) is 4.29. The highest BCUT2D eigenvalue weighted by atomic mass is 16.7. The van der Waals surface area contributed by atoms with E-state index < -0.39 is 0 Å². The number of carbonyl (C=O) groups is 1. The SMILES string of the molecule is O=C(COC1CCCCO1)Cc1ccccc1. The van der Waals surface area contributed by atoms with Gasteiger partial charge in [0.15, 0.2) is 12.1 Å². The van der Waals surface area contributed by atoms with E-state index in [9.17, 15) is 4.79 Å². The van der Waals surface area contributed by atoms with Gasteiger partial charge >= 0.3 is 0 Å². The maximum Gasteiger partial charge on any atom is 0.162 e. The molecule has 1 aromatic rings. The lowest BCUT2D eigenvalue weighted by molar-refractivity contribution is -0.168. The van der Waals surface area contributed by atoms with Gasteiger partial charge in [-0.3, -0.25) is 4.79 Å². The molecular weight excluding hydrogens is 216 g/mol. The largest absolute Gasteiger partial charge is 0.353 e. The van der Waals surface area contributed by atoms with Crippen LogP contribution >= 0.6 is 0 Å².